The zero-order chi connectivity index (χ0) is 22.7. The highest BCUT2D eigenvalue weighted by Gasteiger charge is 2.21. The van der Waals surface area contributed by atoms with Crippen molar-refractivity contribution in [3.63, 3.8) is 0 Å². The van der Waals surface area contributed by atoms with Crippen LogP contribution in [-0.4, -0.2) is 35.4 Å². The maximum Gasteiger partial charge on any atom is 0.335 e. The maximum absolute atomic E-state index is 14.0. The number of nitrogens with one attached hydrogen (secondary N) is 1. The minimum atomic E-state index is -1.00. The molecule has 0 unspecified atom stereocenters. The van der Waals surface area contributed by atoms with E-state index in [4.69, 9.17) is 21.4 Å². The molecule has 3 aromatic carbocycles. The van der Waals surface area contributed by atoms with E-state index in [0.717, 1.165) is 35.3 Å². The fourth-order valence-electron chi connectivity index (χ4n) is 3.84. The molecule has 0 saturated carbocycles. The number of fused-ring (bicyclic) bond motifs is 1. The fourth-order valence-corrected chi connectivity index (χ4v) is 4.02. The van der Waals surface area contributed by atoms with Gasteiger partial charge in [-0.3, -0.25) is 0 Å². The average molecular weight is 456 g/mol. The van der Waals surface area contributed by atoms with Gasteiger partial charge in [0, 0.05) is 18.7 Å². The molecule has 0 bridgehead atoms. The topological polar surface area (TPSA) is 78.8 Å². The van der Waals surface area contributed by atoms with E-state index in [1.807, 2.05) is 12.1 Å². The van der Waals surface area contributed by atoms with Gasteiger partial charge in [-0.25, -0.2) is 9.18 Å². The molecule has 7 heteroatoms. The van der Waals surface area contributed by atoms with E-state index in [-0.39, 0.29) is 28.8 Å². The molecule has 2 atom stereocenters. The van der Waals surface area contributed by atoms with Gasteiger partial charge in [0.15, 0.2) is 0 Å². The molecule has 166 valence electrons. The molecule has 0 amide bonds. The molecule has 3 aromatic rings. The van der Waals surface area contributed by atoms with Crippen molar-refractivity contribution >= 4 is 17.6 Å². The van der Waals surface area contributed by atoms with Gasteiger partial charge in [-0.05, 0) is 59.9 Å². The van der Waals surface area contributed by atoms with Crippen LogP contribution >= 0.6 is 11.6 Å². The number of hydrogen-bond donors (Lipinski definition) is 3. The third-order valence-corrected chi connectivity index (χ3v) is 5.90. The zero-order valence-corrected chi connectivity index (χ0v) is 18.0. The Hall–Kier alpha value is -2.93. The Balaban J connectivity index is 1.34. The number of aryl methyl sites for hydroxylation is 1. The van der Waals surface area contributed by atoms with Crippen LogP contribution in [0.15, 0.2) is 60.7 Å². The van der Waals surface area contributed by atoms with Crippen LogP contribution in [0.4, 0.5) is 4.39 Å². The third-order valence-electron chi connectivity index (χ3n) is 5.61. The second kappa shape index (κ2) is 9.69. The lowest BCUT2D eigenvalue weighted by molar-refractivity contribution is 0.0697. The van der Waals surface area contributed by atoms with E-state index < -0.39 is 17.9 Å². The van der Waals surface area contributed by atoms with Gasteiger partial charge in [-0.2, -0.15) is 0 Å². The highest BCUT2D eigenvalue weighted by Crippen LogP contribution is 2.32. The van der Waals surface area contributed by atoms with Crippen LogP contribution in [0.2, 0.25) is 5.02 Å². The van der Waals surface area contributed by atoms with Crippen molar-refractivity contribution in [3.05, 3.63) is 88.2 Å². The van der Waals surface area contributed by atoms with Gasteiger partial charge in [-0.15, -0.1) is 0 Å². The van der Waals surface area contributed by atoms with Crippen molar-refractivity contribution < 1.29 is 24.1 Å². The third kappa shape index (κ3) is 4.93. The van der Waals surface area contributed by atoms with Gasteiger partial charge in [0.2, 0.25) is 0 Å². The summed E-state index contributed by atoms with van der Waals surface area (Å²) in [5, 5.41) is 22.5. The van der Waals surface area contributed by atoms with E-state index >= 15 is 0 Å². The number of carboxylic acids is 1. The first kappa shape index (κ1) is 22.3. The number of hydrogen-bond acceptors (Lipinski definition) is 4. The van der Waals surface area contributed by atoms with Gasteiger partial charge in [0.05, 0.1) is 16.7 Å². The van der Waals surface area contributed by atoms with E-state index in [1.54, 1.807) is 30.3 Å². The molecule has 0 aromatic heterocycles. The molecule has 0 spiro atoms. The number of aromatic carboxylic acids is 1. The molecular formula is C25H23ClFNO4. The normalized spacial score (nSPS) is 16.2. The molecule has 1 aliphatic rings. The number of carboxylic acid groups (broad SMARTS) is 1. The Morgan fingerprint density at radius 2 is 1.91 bits per heavy atom. The van der Waals surface area contributed by atoms with Crippen LogP contribution in [0, 0.1) is 5.82 Å². The number of carbonyl (C=O) groups is 1. The van der Waals surface area contributed by atoms with E-state index in [2.05, 4.69) is 11.4 Å². The van der Waals surface area contributed by atoms with Crippen LogP contribution in [0.25, 0.3) is 11.1 Å². The molecule has 1 heterocycles. The molecule has 0 fully saturated rings. The van der Waals surface area contributed by atoms with Crippen LogP contribution in [0.1, 0.15) is 34.0 Å². The highest BCUT2D eigenvalue weighted by atomic mass is 35.5. The van der Waals surface area contributed by atoms with Crippen molar-refractivity contribution in [2.45, 2.75) is 25.0 Å². The molecule has 3 N–H and O–H groups in total. The van der Waals surface area contributed by atoms with Crippen molar-refractivity contribution in [1.82, 2.24) is 5.32 Å². The summed E-state index contributed by atoms with van der Waals surface area (Å²) in [6.07, 6.45) is 0.594. The first-order chi connectivity index (χ1) is 15.4. The molecule has 0 aliphatic carbocycles. The minimum absolute atomic E-state index is 0.00836. The van der Waals surface area contributed by atoms with Crippen molar-refractivity contribution in [2.24, 2.45) is 0 Å². The number of rotatable bonds is 7. The molecule has 1 aliphatic heterocycles. The Kier molecular flexibility index (Phi) is 6.74. The number of aliphatic hydroxyl groups is 1. The number of ether oxygens (including phenoxy) is 1. The van der Waals surface area contributed by atoms with Crippen LogP contribution < -0.4 is 10.1 Å². The van der Waals surface area contributed by atoms with Gasteiger partial charge < -0.3 is 20.3 Å². The molecule has 0 saturated heterocycles. The Labute approximate surface area is 190 Å². The highest BCUT2D eigenvalue weighted by molar-refractivity contribution is 6.30. The predicted octanol–water partition coefficient (Wildman–Crippen LogP) is 4.86. The predicted molar refractivity (Wildman–Crippen MR) is 121 cm³/mol. The number of aliphatic hydroxyl groups excluding tert-OH is 1. The zero-order valence-electron chi connectivity index (χ0n) is 17.2. The van der Waals surface area contributed by atoms with Gasteiger partial charge in [-0.1, -0.05) is 41.9 Å². The molecule has 4 rings (SSSR count). The van der Waals surface area contributed by atoms with E-state index in [1.165, 1.54) is 12.1 Å². The van der Waals surface area contributed by atoms with Crippen LogP contribution in [0.3, 0.4) is 0 Å². The first-order valence-corrected chi connectivity index (χ1v) is 10.8. The van der Waals surface area contributed by atoms with Crippen molar-refractivity contribution in [1.29, 1.82) is 0 Å². The van der Waals surface area contributed by atoms with Gasteiger partial charge in [0.1, 0.15) is 17.7 Å². The van der Waals surface area contributed by atoms with Crippen LogP contribution in [-0.2, 0) is 6.42 Å². The molecular weight excluding hydrogens is 433 g/mol. The molecule has 32 heavy (non-hydrogen) atoms. The van der Waals surface area contributed by atoms with Crippen molar-refractivity contribution in [2.75, 3.05) is 13.1 Å². The van der Waals surface area contributed by atoms with Crippen molar-refractivity contribution in [3.8, 4) is 16.9 Å². The number of halogens is 2. The number of benzene rings is 3. The Bertz CT molecular complexity index is 1120. The van der Waals surface area contributed by atoms with E-state index in [9.17, 15) is 14.3 Å². The summed E-state index contributed by atoms with van der Waals surface area (Å²) in [5.41, 5.74) is 3.48. The summed E-state index contributed by atoms with van der Waals surface area (Å²) in [6.45, 7) is 0.715. The Morgan fingerprint density at radius 3 is 2.66 bits per heavy atom. The summed E-state index contributed by atoms with van der Waals surface area (Å²) in [7, 11) is 0. The smallest absolute Gasteiger partial charge is 0.335 e. The quantitative estimate of drug-likeness (QED) is 0.474. The Morgan fingerprint density at radius 1 is 1.16 bits per heavy atom. The second-order valence-electron chi connectivity index (χ2n) is 7.80. The van der Waals surface area contributed by atoms with E-state index in [0.29, 0.717) is 6.54 Å². The monoisotopic (exact) mass is 455 g/mol. The second-order valence-corrected chi connectivity index (χ2v) is 8.21. The molecule has 0 radical (unpaired) electrons. The lowest BCUT2D eigenvalue weighted by atomic mass is 9.96. The molecule has 5 nitrogen and oxygen atoms in total. The van der Waals surface area contributed by atoms with Gasteiger partial charge >= 0.3 is 5.97 Å². The summed E-state index contributed by atoms with van der Waals surface area (Å²) in [5.74, 6) is -0.727. The maximum atomic E-state index is 14.0. The fraction of sp³-hybridized carbons (Fsp3) is 0.240. The summed E-state index contributed by atoms with van der Waals surface area (Å²) in [4.78, 5) is 11.0. The summed E-state index contributed by atoms with van der Waals surface area (Å²) < 4.78 is 20.1. The van der Waals surface area contributed by atoms with Gasteiger partial charge in [0.25, 0.3) is 0 Å². The summed E-state index contributed by atoms with van der Waals surface area (Å²) >= 11 is 5.78. The first-order valence-electron chi connectivity index (χ1n) is 10.4. The largest absolute Gasteiger partial charge is 0.489 e. The lowest BCUT2D eigenvalue weighted by Gasteiger charge is -2.27. The van der Waals surface area contributed by atoms with Crippen LogP contribution in [0.5, 0.6) is 5.75 Å². The average Bonchev–Trinajstić information content (AvgIpc) is 2.80. The standard InChI is InChI=1S/C25H23ClFNO4/c26-21-3-1-2-20(24(21)27)22(29)14-28-13-19-10-8-18-12-17(9-11-23(18)32-19)15-4-6-16(7-5-15)25(30)31/h1-7,9,11-12,19,22,28-29H,8,10,13-14H2,(H,30,31)/t19-,22-/m1/s1. The lowest BCUT2D eigenvalue weighted by Crippen LogP contribution is -2.36. The summed E-state index contributed by atoms with van der Waals surface area (Å²) in [6, 6.07) is 17.3. The minimum Gasteiger partial charge on any atom is -0.489 e. The SMILES string of the molecule is O=C(O)c1ccc(-c2ccc3c(c2)CC[C@H](CNC[C@@H](O)c2cccc(Cl)c2F)O3)cc1.